The minimum atomic E-state index is -0.715. The lowest BCUT2D eigenvalue weighted by Gasteiger charge is -2.28. The van der Waals surface area contributed by atoms with E-state index in [0.29, 0.717) is 18.6 Å². The van der Waals surface area contributed by atoms with Crippen LogP contribution >= 0.6 is 0 Å². The van der Waals surface area contributed by atoms with Crippen molar-refractivity contribution in [1.29, 1.82) is 0 Å². The van der Waals surface area contributed by atoms with Gasteiger partial charge in [0.05, 0.1) is 6.10 Å². The highest BCUT2D eigenvalue weighted by atomic mass is 16.5. The van der Waals surface area contributed by atoms with Gasteiger partial charge in [0.1, 0.15) is 11.4 Å². The van der Waals surface area contributed by atoms with Crippen molar-refractivity contribution in [3.63, 3.8) is 0 Å². The van der Waals surface area contributed by atoms with E-state index in [-0.39, 0.29) is 5.91 Å². The van der Waals surface area contributed by atoms with Crippen LogP contribution in [0.2, 0.25) is 0 Å². The second-order valence-electron chi connectivity index (χ2n) is 6.82. The Morgan fingerprint density at radius 1 is 1.17 bits per heavy atom. The Bertz CT molecular complexity index is 532. The van der Waals surface area contributed by atoms with E-state index >= 15 is 0 Å². The van der Waals surface area contributed by atoms with E-state index in [4.69, 9.17) is 9.47 Å². The van der Waals surface area contributed by atoms with Crippen LogP contribution in [-0.4, -0.2) is 24.2 Å². The number of amides is 1. The lowest BCUT2D eigenvalue weighted by atomic mass is 9.99. The molecule has 0 radical (unpaired) electrons. The minimum Gasteiger partial charge on any atom is -0.490 e. The summed E-state index contributed by atoms with van der Waals surface area (Å²) < 4.78 is 11.7. The molecule has 0 bridgehead atoms. The zero-order valence-electron chi connectivity index (χ0n) is 14.1. The molecule has 0 saturated heterocycles. The molecule has 0 spiro atoms. The van der Waals surface area contributed by atoms with Crippen LogP contribution in [0.15, 0.2) is 24.3 Å². The van der Waals surface area contributed by atoms with Gasteiger partial charge >= 0.3 is 0 Å². The van der Waals surface area contributed by atoms with Gasteiger partial charge in [-0.15, -0.1) is 0 Å². The van der Waals surface area contributed by atoms with Gasteiger partial charge in [-0.1, -0.05) is 0 Å². The summed E-state index contributed by atoms with van der Waals surface area (Å²) in [5.74, 6) is 1.17. The third-order valence-corrected chi connectivity index (χ3v) is 4.97. The van der Waals surface area contributed by atoms with Crippen LogP contribution in [-0.2, 0) is 9.53 Å². The smallest absolute Gasteiger partial charge is 0.256 e. The highest BCUT2D eigenvalue weighted by Gasteiger charge is 2.48. The summed E-state index contributed by atoms with van der Waals surface area (Å²) in [5, 5.41) is 2.99. The third kappa shape index (κ3) is 3.86. The first-order chi connectivity index (χ1) is 11.1. The molecular weight excluding hydrogens is 290 g/mol. The van der Waals surface area contributed by atoms with Crippen LogP contribution < -0.4 is 10.1 Å². The van der Waals surface area contributed by atoms with E-state index in [9.17, 15) is 4.79 Å². The maximum Gasteiger partial charge on any atom is 0.256 e. The normalized spacial score (nSPS) is 21.0. The topological polar surface area (TPSA) is 47.6 Å². The number of carbonyl (C=O) groups is 1. The molecule has 1 aromatic rings. The number of ether oxygens (including phenoxy) is 2. The summed E-state index contributed by atoms with van der Waals surface area (Å²) >= 11 is 0. The molecule has 1 amide bonds. The van der Waals surface area contributed by atoms with Crippen LogP contribution in [0.25, 0.3) is 0 Å². The van der Waals surface area contributed by atoms with Crippen molar-refractivity contribution in [1.82, 2.24) is 0 Å². The number of anilines is 1. The Labute approximate surface area is 138 Å². The quantitative estimate of drug-likeness (QED) is 0.821. The lowest BCUT2D eigenvalue weighted by Crippen LogP contribution is -2.44. The molecule has 4 heteroatoms. The fraction of sp³-hybridized carbons (Fsp3) is 0.632. The Morgan fingerprint density at radius 3 is 2.39 bits per heavy atom. The van der Waals surface area contributed by atoms with Crippen LogP contribution in [0, 0.1) is 5.92 Å². The first kappa shape index (κ1) is 16.3. The van der Waals surface area contributed by atoms with Gasteiger partial charge in [-0.2, -0.15) is 0 Å². The Hall–Kier alpha value is -1.55. The van der Waals surface area contributed by atoms with E-state index in [0.717, 1.165) is 37.1 Å². The van der Waals surface area contributed by atoms with Crippen LogP contribution in [0.3, 0.4) is 0 Å². The highest BCUT2D eigenvalue weighted by molar-refractivity contribution is 5.97. The molecule has 3 rings (SSSR count). The van der Waals surface area contributed by atoms with E-state index in [1.54, 1.807) is 0 Å². The number of hydrogen-bond donors (Lipinski definition) is 1. The molecule has 0 aliphatic heterocycles. The molecule has 126 valence electrons. The number of carbonyl (C=O) groups excluding carboxylic acids is 1. The van der Waals surface area contributed by atoms with Gasteiger partial charge in [0.25, 0.3) is 5.91 Å². The maximum absolute atomic E-state index is 12.6. The summed E-state index contributed by atoms with van der Waals surface area (Å²) in [5.41, 5.74) is 0.0775. The van der Waals surface area contributed by atoms with Crippen molar-refractivity contribution in [3.05, 3.63) is 24.3 Å². The Balaban J connectivity index is 1.59. The fourth-order valence-corrected chi connectivity index (χ4v) is 3.37. The summed E-state index contributed by atoms with van der Waals surface area (Å²) in [6.07, 6.45) is 7.30. The van der Waals surface area contributed by atoms with Crippen LogP contribution in [0.5, 0.6) is 5.75 Å². The third-order valence-electron chi connectivity index (χ3n) is 4.97. The van der Waals surface area contributed by atoms with Crippen molar-refractivity contribution >= 4 is 11.6 Å². The molecular formula is C19H27NO3. The predicted octanol–water partition coefficient (Wildman–Crippen LogP) is 4.15. The molecule has 2 aliphatic carbocycles. The number of benzene rings is 1. The van der Waals surface area contributed by atoms with E-state index < -0.39 is 5.60 Å². The van der Waals surface area contributed by atoms with Gasteiger partial charge in [-0.3, -0.25) is 4.79 Å². The molecule has 2 fully saturated rings. The van der Waals surface area contributed by atoms with Crippen molar-refractivity contribution in [2.45, 2.75) is 64.1 Å². The van der Waals surface area contributed by atoms with Gasteiger partial charge in [-0.25, -0.2) is 0 Å². The summed E-state index contributed by atoms with van der Waals surface area (Å²) in [4.78, 5) is 12.6. The van der Waals surface area contributed by atoms with Gasteiger partial charge in [0.2, 0.25) is 0 Å². The lowest BCUT2D eigenvalue weighted by molar-refractivity contribution is -0.141. The van der Waals surface area contributed by atoms with Crippen molar-refractivity contribution in [3.8, 4) is 5.75 Å². The minimum absolute atomic E-state index is 0.0497. The Morgan fingerprint density at radius 2 is 1.83 bits per heavy atom. The van der Waals surface area contributed by atoms with Crippen molar-refractivity contribution < 1.29 is 14.3 Å². The largest absolute Gasteiger partial charge is 0.490 e. The second-order valence-corrected chi connectivity index (χ2v) is 6.82. The van der Waals surface area contributed by atoms with Crippen LogP contribution in [0.4, 0.5) is 5.69 Å². The zero-order chi connectivity index (χ0) is 16.3. The van der Waals surface area contributed by atoms with Crippen LogP contribution in [0.1, 0.15) is 52.4 Å². The van der Waals surface area contributed by atoms with E-state index in [1.165, 1.54) is 12.8 Å². The molecule has 0 unspecified atom stereocenters. The molecule has 1 atom stereocenters. The molecule has 1 N–H and O–H groups in total. The first-order valence-electron chi connectivity index (χ1n) is 8.84. The summed E-state index contributed by atoms with van der Waals surface area (Å²) in [7, 11) is 0. The zero-order valence-corrected chi connectivity index (χ0v) is 14.1. The average Bonchev–Trinajstić information content (AvgIpc) is 3.28. The molecule has 1 aromatic carbocycles. The summed E-state index contributed by atoms with van der Waals surface area (Å²) in [6, 6.07) is 7.68. The number of nitrogens with one attached hydrogen (secondary N) is 1. The molecule has 0 aromatic heterocycles. The fourth-order valence-electron chi connectivity index (χ4n) is 3.37. The predicted molar refractivity (Wildman–Crippen MR) is 90.7 cm³/mol. The molecule has 4 nitrogen and oxygen atoms in total. The number of hydrogen-bond acceptors (Lipinski definition) is 3. The standard InChI is InChI=1S/C19H27NO3/c1-3-22-19(2,14-8-9-14)18(21)20-15-10-12-17(13-11-15)23-16-6-4-5-7-16/h10-14,16H,3-9H2,1-2H3,(H,20,21)/t19-/m1/s1. The van der Waals surface area contributed by atoms with Gasteiger partial charge in [0.15, 0.2) is 0 Å². The SMILES string of the molecule is CCO[C@@](C)(C(=O)Nc1ccc(OC2CCCC2)cc1)C1CC1. The second kappa shape index (κ2) is 6.91. The number of rotatable bonds is 7. The van der Waals surface area contributed by atoms with Gasteiger partial charge in [0, 0.05) is 12.3 Å². The molecule has 23 heavy (non-hydrogen) atoms. The van der Waals surface area contributed by atoms with Gasteiger partial charge in [-0.05, 0) is 82.6 Å². The van der Waals surface area contributed by atoms with Gasteiger partial charge < -0.3 is 14.8 Å². The maximum atomic E-state index is 12.6. The molecule has 0 heterocycles. The molecule has 2 saturated carbocycles. The first-order valence-corrected chi connectivity index (χ1v) is 8.84. The monoisotopic (exact) mass is 317 g/mol. The van der Waals surface area contributed by atoms with Crippen molar-refractivity contribution in [2.75, 3.05) is 11.9 Å². The highest BCUT2D eigenvalue weighted by Crippen LogP contribution is 2.42. The summed E-state index contributed by atoms with van der Waals surface area (Å²) in [6.45, 7) is 4.39. The van der Waals surface area contributed by atoms with Crippen molar-refractivity contribution in [2.24, 2.45) is 5.92 Å². The molecule has 2 aliphatic rings. The van der Waals surface area contributed by atoms with E-state index in [2.05, 4.69) is 5.32 Å². The average molecular weight is 317 g/mol. The van der Waals surface area contributed by atoms with E-state index in [1.807, 2.05) is 38.1 Å². The Kier molecular flexibility index (Phi) is 4.90.